The van der Waals surface area contributed by atoms with Gasteiger partial charge in [-0.05, 0) is 52.1 Å². The van der Waals surface area contributed by atoms with Gasteiger partial charge in [0.05, 0.1) is 0 Å². The number of hydrogen-bond acceptors (Lipinski definition) is 2. The molecule has 1 aliphatic rings. The first-order valence-corrected chi connectivity index (χ1v) is 6.84. The van der Waals surface area contributed by atoms with Crippen LogP contribution >= 0.6 is 0 Å². The highest BCUT2D eigenvalue weighted by Gasteiger charge is 2.38. The summed E-state index contributed by atoms with van der Waals surface area (Å²) in [6, 6.07) is 0.319. The summed E-state index contributed by atoms with van der Waals surface area (Å²) in [5, 5.41) is 0. The van der Waals surface area contributed by atoms with E-state index in [4.69, 9.17) is 5.73 Å². The molecular formula is C14H30N2. The normalized spacial score (nSPS) is 32.4. The summed E-state index contributed by atoms with van der Waals surface area (Å²) in [5.41, 5.74) is 6.70. The smallest absolute Gasteiger partial charge is 0.0326 e. The number of likely N-dealkylation sites (N-methyl/N-ethyl adjacent to an activating group) is 1. The molecule has 1 fully saturated rings. The van der Waals surface area contributed by atoms with Gasteiger partial charge in [-0.1, -0.05) is 26.7 Å². The average molecular weight is 226 g/mol. The predicted molar refractivity (Wildman–Crippen MR) is 71.5 cm³/mol. The monoisotopic (exact) mass is 226 g/mol. The van der Waals surface area contributed by atoms with Crippen molar-refractivity contribution in [3.8, 4) is 0 Å². The number of nitrogens with two attached hydrogens (primary N) is 1. The quantitative estimate of drug-likeness (QED) is 0.798. The Balaban J connectivity index is 2.65. The lowest BCUT2D eigenvalue weighted by molar-refractivity contribution is 0.0832. The van der Waals surface area contributed by atoms with Crippen LogP contribution in [0.15, 0.2) is 0 Å². The van der Waals surface area contributed by atoms with E-state index in [0.29, 0.717) is 6.04 Å². The number of hydrogen-bond donors (Lipinski definition) is 1. The molecule has 2 nitrogen and oxygen atoms in total. The molecule has 0 aromatic heterocycles. The molecular weight excluding hydrogens is 196 g/mol. The van der Waals surface area contributed by atoms with Crippen LogP contribution in [0.2, 0.25) is 0 Å². The van der Waals surface area contributed by atoms with E-state index in [2.05, 4.69) is 39.8 Å². The summed E-state index contributed by atoms with van der Waals surface area (Å²) in [5.74, 6) is 1.64. The van der Waals surface area contributed by atoms with Gasteiger partial charge in [-0.3, -0.25) is 0 Å². The molecule has 0 amide bonds. The Morgan fingerprint density at radius 3 is 2.12 bits per heavy atom. The fourth-order valence-electron chi connectivity index (χ4n) is 3.00. The largest absolute Gasteiger partial charge is 0.326 e. The second-order valence-corrected chi connectivity index (χ2v) is 6.15. The molecule has 2 heteroatoms. The maximum absolute atomic E-state index is 6.54. The SMILES string of the molecule is CCC(C)(C(N)C1CCC(C)CC1)N(C)C. The predicted octanol–water partition coefficient (Wildman–Crippen LogP) is 2.87. The van der Waals surface area contributed by atoms with Crippen molar-refractivity contribution in [3.05, 3.63) is 0 Å². The average Bonchev–Trinajstić information content (AvgIpc) is 2.27. The fraction of sp³-hybridized carbons (Fsp3) is 1.00. The van der Waals surface area contributed by atoms with Crippen LogP contribution in [0.5, 0.6) is 0 Å². The third kappa shape index (κ3) is 2.78. The van der Waals surface area contributed by atoms with Gasteiger partial charge in [-0.15, -0.1) is 0 Å². The maximum atomic E-state index is 6.54. The van der Waals surface area contributed by atoms with Crippen molar-refractivity contribution in [1.29, 1.82) is 0 Å². The number of rotatable bonds is 4. The standard InChI is InChI=1S/C14H30N2/c1-6-14(3,16(4)5)13(15)12-9-7-11(2)8-10-12/h11-13H,6-10,15H2,1-5H3. The van der Waals surface area contributed by atoms with Gasteiger partial charge in [-0.25, -0.2) is 0 Å². The molecule has 0 spiro atoms. The van der Waals surface area contributed by atoms with Gasteiger partial charge < -0.3 is 10.6 Å². The summed E-state index contributed by atoms with van der Waals surface area (Å²) >= 11 is 0. The van der Waals surface area contributed by atoms with Crippen molar-refractivity contribution in [2.75, 3.05) is 14.1 Å². The van der Waals surface area contributed by atoms with E-state index in [0.717, 1.165) is 18.3 Å². The molecule has 0 saturated heterocycles. The van der Waals surface area contributed by atoms with Gasteiger partial charge in [0.25, 0.3) is 0 Å². The van der Waals surface area contributed by atoms with Crippen molar-refractivity contribution in [3.63, 3.8) is 0 Å². The molecule has 1 aliphatic carbocycles. The van der Waals surface area contributed by atoms with Crippen LogP contribution in [0.3, 0.4) is 0 Å². The van der Waals surface area contributed by atoms with Gasteiger partial charge >= 0.3 is 0 Å². The fourth-order valence-corrected chi connectivity index (χ4v) is 3.00. The van der Waals surface area contributed by atoms with Gasteiger partial charge in [0.1, 0.15) is 0 Å². The van der Waals surface area contributed by atoms with Crippen LogP contribution < -0.4 is 5.73 Å². The first-order chi connectivity index (χ1) is 7.41. The summed E-state index contributed by atoms with van der Waals surface area (Å²) in [7, 11) is 4.32. The van der Waals surface area contributed by atoms with Gasteiger partial charge in [0.15, 0.2) is 0 Å². The van der Waals surface area contributed by atoms with E-state index in [1.54, 1.807) is 0 Å². The zero-order chi connectivity index (χ0) is 12.3. The third-order valence-electron chi connectivity index (χ3n) is 5.02. The van der Waals surface area contributed by atoms with E-state index < -0.39 is 0 Å². The molecule has 1 rings (SSSR count). The lowest BCUT2D eigenvalue weighted by Crippen LogP contribution is -2.58. The molecule has 0 aliphatic heterocycles. The summed E-state index contributed by atoms with van der Waals surface area (Å²) in [6.45, 7) is 6.94. The second kappa shape index (κ2) is 5.50. The molecule has 0 radical (unpaired) electrons. The summed E-state index contributed by atoms with van der Waals surface area (Å²) < 4.78 is 0. The minimum absolute atomic E-state index is 0.158. The molecule has 2 unspecified atom stereocenters. The first-order valence-electron chi connectivity index (χ1n) is 6.84. The first kappa shape index (κ1) is 14.0. The van der Waals surface area contributed by atoms with Gasteiger partial charge in [-0.2, -0.15) is 0 Å². The van der Waals surface area contributed by atoms with Crippen molar-refractivity contribution < 1.29 is 0 Å². The lowest BCUT2D eigenvalue weighted by atomic mass is 9.72. The van der Waals surface area contributed by atoms with Crippen molar-refractivity contribution >= 4 is 0 Å². The highest BCUT2D eigenvalue weighted by molar-refractivity contribution is 4.96. The molecule has 2 N–H and O–H groups in total. The topological polar surface area (TPSA) is 29.3 Å². The Morgan fingerprint density at radius 2 is 1.75 bits per heavy atom. The van der Waals surface area contributed by atoms with Crippen LogP contribution in [-0.2, 0) is 0 Å². The zero-order valence-corrected chi connectivity index (χ0v) is 11.8. The molecule has 0 bridgehead atoms. The van der Waals surface area contributed by atoms with Crippen LogP contribution in [0, 0.1) is 11.8 Å². The second-order valence-electron chi connectivity index (χ2n) is 6.15. The van der Waals surface area contributed by atoms with E-state index in [1.165, 1.54) is 25.7 Å². The molecule has 96 valence electrons. The van der Waals surface area contributed by atoms with Crippen LogP contribution in [0.1, 0.15) is 52.9 Å². The molecule has 2 atom stereocenters. The third-order valence-corrected chi connectivity index (χ3v) is 5.02. The van der Waals surface area contributed by atoms with Crippen LogP contribution in [0.4, 0.5) is 0 Å². The van der Waals surface area contributed by atoms with Crippen LogP contribution in [0.25, 0.3) is 0 Å². The highest BCUT2D eigenvalue weighted by atomic mass is 15.2. The lowest BCUT2D eigenvalue weighted by Gasteiger charge is -2.45. The van der Waals surface area contributed by atoms with Gasteiger partial charge in [0.2, 0.25) is 0 Å². The minimum Gasteiger partial charge on any atom is -0.326 e. The van der Waals surface area contributed by atoms with E-state index in [9.17, 15) is 0 Å². The van der Waals surface area contributed by atoms with E-state index >= 15 is 0 Å². The molecule has 16 heavy (non-hydrogen) atoms. The Bertz CT molecular complexity index is 207. The van der Waals surface area contributed by atoms with Crippen molar-refractivity contribution in [2.24, 2.45) is 17.6 Å². The molecule has 1 saturated carbocycles. The Kier molecular flexibility index (Phi) is 4.81. The Hall–Kier alpha value is -0.0800. The summed E-state index contributed by atoms with van der Waals surface area (Å²) in [4.78, 5) is 2.32. The molecule has 0 heterocycles. The maximum Gasteiger partial charge on any atom is 0.0326 e. The number of nitrogens with zero attached hydrogens (tertiary/aromatic N) is 1. The minimum atomic E-state index is 0.158. The zero-order valence-electron chi connectivity index (χ0n) is 11.8. The van der Waals surface area contributed by atoms with Crippen molar-refractivity contribution in [1.82, 2.24) is 4.90 Å². The Morgan fingerprint density at radius 1 is 1.25 bits per heavy atom. The van der Waals surface area contributed by atoms with Crippen LogP contribution in [-0.4, -0.2) is 30.6 Å². The van der Waals surface area contributed by atoms with Gasteiger partial charge in [0, 0.05) is 11.6 Å². The Labute approximate surface area is 102 Å². The highest BCUT2D eigenvalue weighted by Crippen LogP contribution is 2.35. The molecule has 0 aromatic rings. The summed E-state index contributed by atoms with van der Waals surface area (Å²) in [6.07, 6.45) is 6.52. The van der Waals surface area contributed by atoms with E-state index in [1.807, 2.05) is 0 Å². The van der Waals surface area contributed by atoms with Crippen molar-refractivity contribution in [2.45, 2.75) is 64.5 Å². The molecule has 0 aromatic carbocycles. The van der Waals surface area contributed by atoms with E-state index in [-0.39, 0.29) is 5.54 Å².